The van der Waals surface area contributed by atoms with E-state index in [2.05, 4.69) is 15.1 Å². The van der Waals surface area contributed by atoms with E-state index in [0.717, 1.165) is 16.9 Å². The number of hydrogen-bond donors (Lipinski definition) is 1. The highest BCUT2D eigenvalue weighted by Crippen LogP contribution is 2.34. The number of methoxy groups -OCH3 is 2. The molecular formula is C16H14F3N5O4S. The van der Waals surface area contributed by atoms with E-state index in [9.17, 15) is 21.6 Å². The van der Waals surface area contributed by atoms with Crippen molar-refractivity contribution in [1.29, 1.82) is 0 Å². The van der Waals surface area contributed by atoms with Gasteiger partial charge in [0, 0.05) is 5.56 Å². The molecule has 2 heterocycles. The first-order valence-corrected chi connectivity index (χ1v) is 9.35. The monoisotopic (exact) mass is 429 g/mol. The Labute approximate surface area is 163 Å². The molecule has 2 aromatic heterocycles. The van der Waals surface area contributed by atoms with E-state index in [1.165, 1.54) is 38.5 Å². The molecule has 0 bridgehead atoms. The van der Waals surface area contributed by atoms with Crippen molar-refractivity contribution < 1.29 is 31.1 Å². The first-order valence-electron chi connectivity index (χ1n) is 7.80. The molecule has 0 amide bonds. The average molecular weight is 429 g/mol. The molecule has 0 saturated carbocycles. The third-order valence-corrected chi connectivity index (χ3v) is 4.58. The second-order valence-corrected chi connectivity index (χ2v) is 7.15. The fourth-order valence-electron chi connectivity index (χ4n) is 2.44. The third-order valence-electron chi connectivity index (χ3n) is 3.76. The number of benzene rings is 1. The molecule has 29 heavy (non-hydrogen) atoms. The summed E-state index contributed by atoms with van der Waals surface area (Å²) in [7, 11) is -1.27. The number of hydrogen-bond acceptors (Lipinski definition) is 7. The Hall–Kier alpha value is -3.19. The van der Waals surface area contributed by atoms with Crippen LogP contribution in [0.2, 0.25) is 0 Å². The smallest absolute Gasteiger partial charge is 0.453 e. The molecule has 0 fully saturated rings. The van der Waals surface area contributed by atoms with E-state index in [-0.39, 0.29) is 22.8 Å². The van der Waals surface area contributed by atoms with Gasteiger partial charge in [-0.05, 0) is 30.3 Å². The predicted molar refractivity (Wildman–Crippen MR) is 94.1 cm³/mol. The van der Waals surface area contributed by atoms with Crippen molar-refractivity contribution >= 4 is 10.0 Å². The summed E-state index contributed by atoms with van der Waals surface area (Å²) < 4.78 is 73.5. The summed E-state index contributed by atoms with van der Waals surface area (Å²) in [5, 5.41) is 8.05. The number of pyridine rings is 1. The molecule has 0 atom stereocenters. The van der Waals surface area contributed by atoms with E-state index in [1.807, 2.05) is 0 Å². The highest BCUT2D eigenvalue weighted by Gasteiger charge is 2.37. The Morgan fingerprint density at radius 3 is 2.28 bits per heavy atom. The zero-order chi connectivity index (χ0) is 21.4. The Balaban J connectivity index is 2.19. The van der Waals surface area contributed by atoms with E-state index in [0.29, 0.717) is 5.75 Å². The number of ether oxygens (including phenoxy) is 2. The van der Waals surface area contributed by atoms with Gasteiger partial charge in [-0.1, -0.05) is 0 Å². The van der Waals surface area contributed by atoms with E-state index in [1.54, 1.807) is 0 Å². The number of halogens is 3. The summed E-state index contributed by atoms with van der Waals surface area (Å²) >= 11 is 0. The van der Waals surface area contributed by atoms with Gasteiger partial charge in [0.1, 0.15) is 0 Å². The van der Waals surface area contributed by atoms with Crippen LogP contribution in [0.4, 0.5) is 13.2 Å². The maximum Gasteiger partial charge on any atom is 0.453 e. The van der Waals surface area contributed by atoms with Gasteiger partial charge in [-0.25, -0.2) is 28.2 Å². The summed E-state index contributed by atoms with van der Waals surface area (Å²) in [6, 6.07) is 6.69. The lowest BCUT2D eigenvalue weighted by Crippen LogP contribution is -2.14. The van der Waals surface area contributed by atoms with Crippen LogP contribution in [-0.2, 0) is 16.2 Å². The number of primary sulfonamides is 1. The van der Waals surface area contributed by atoms with Gasteiger partial charge in [0.2, 0.25) is 0 Å². The fraction of sp³-hybridized carbons (Fsp3) is 0.188. The zero-order valence-corrected chi connectivity index (χ0v) is 15.8. The third kappa shape index (κ3) is 4.14. The molecule has 3 aromatic rings. The lowest BCUT2D eigenvalue weighted by atomic mass is 10.2. The van der Waals surface area contributed by atoms with Gasteiger partial charge in [-0.3, -0.25) is 0 Å². The Kier molecular flexibility index (Phi) is 5.19. The SMILES string of the molecule is COc1ccc(-c2nc(C(F)(F)F)nn2-c2ccc(S(N)(=O)=O)nc2)cc1OC. The van der Waals surface area contributed by atoms with Gasteiger partial charge in [0.05, 0.1) is 26.1 Å². The van der Waals surface area contributed by atoms with Gasteiger partial charge in [0.25, 0.3) is 15.8 Å². The average Bonchev–Trinajstić information content (AvgIpc) is 3.12. The van der Waals surface area contributed by atoms with Gasteiger partial charge in [0.15, 0.2) is 22.3 Å². The number of nitrogens with zero attached hydrogens (tertiary/aromatic N) is 4. The first-order chi connectivity index (χ1) is 13.5. The zero-order valence-electron chi connectivity index (χ0n) is 15.0. The second kappa shape index (κ2) is 7.33. The van der Waals surface area contributed by atoms with Gasteiger partial charge < -0.3 is 9.47 Å². The van der Waals surface area contributed by atoms with Crippen molar-refractivity contribution in [3.05, 3.63) is 42.4 Å². The standard InChI is InChI=1S/C16H14F3N5O4S/c1-27-11-5-3-9(7-12(11)28-2)14-22-15(16(17,18)19)23-24(14)10-4-6-13(21-8-10)29(20,25)26/h3-8H,1-2H3,(H2,20,25,26). The molecule has 0 spiro atoms. The molecule has 1 aromatic carbocycles. The van der Waals surface area contributed by atoms with E-state index >= 15 is 0 Å². The summed E-state index contributed by atoms with van der Waals surface area (Å²) in [4.78, 5) is 7.26. The molecular weight excluding hydrogens is 415 g/mol. The predicted octanol–water partition coefficient (Wildman–Crippen LogP) is 2.01. The molecule has 0 unspecified atom stereocenters. The molecule has 0 radical (unpaired) electrons. The van der Waals surface area contributed by atoms with Crippen LogP contribution in [0.5, 0.6) is 11.5 Å². The van der Waals surface area contributed by atoms with Crippen LogP contribution in [0.15, 0.2) is 41.6 Å². The van der Waals surface area contributed by atoms with Crippen molar-refractivity contribution in [1.82, 2.24) is 19.7 Å². The maximum atomic E-state index is 13.2. The van der Waals surface area contributed by atoms with Crippen LogP contribution >= 0.6 is 0 Å². The van der Waals surface area contributed by atoms with Crippen LogP contribution in [0.3, 0.4) is 0 Å². The largest absolute Gasteiger partial charge is 0.493 e. The summed E-state index contributed by atoms with van der Waals surface area (Å²) in [5.74, 6) is -0.894. The van der Waals surface area contributed by atoms with Crippen LogP contribution in [0.1, 0.15) is 5.82 Å². The molecule has 154 valence electrons. The topological polar surface area (TPSA) is 122 Å². The summed E-state index contributed by atoms with van der Waals surface area (Å²) in [6.07, 6.45) is -3.77. The summed E-state index contributed by atoms with van der Waals surface area (Å²) in [5.41, 5.74) is 0.298. The van der Waals surface area contributed by atoms with Gasteiger partial charge in [-0.2, -0.15) is 13.2 Å². The van der Waals surface area contributed by atoms with E-state index in [4.69, 9.17) is 14.6 Å². The van der Waals surface area contributed by atoms with Crippen LogP contribution < -0.4 is 14.6 Å². The number of aromatic nitrogens is 4. The Morgan fingerprint density at radius 1 is 1.07 bits per heavy atom. The minimum absolute atomic E-state index is 0.0465. The van der Waals surface area contributed by atoms with Crippen molar-refractivity contribution in [2.75, 3.05) is 14.2 Å². The van der Waals surface area contributed by atoms with Crippen molar-refractivity contribution in [3.63, 3.8) is 0 Å². The minimum Gasteiger partial charge on any atom is -0.493 e. The van der Waals surface area contributed by atoms with Crippen molar-refractivity contribution in [2.45, 2.75) is 11.2 Å². The lowest BCUT2D eigenvalue weighted by Gasteiger charge is -2.10. The molecule has 0 aliphatic rings. The molecule has 0 aliphatic carbocycles. The minimum atomic E-state index is -4.80. The number of nitrogens with two attached hydrogens (primary N) is 1. The second-order valence-electron chi connectivity index (χ2n) is 5.64. The van der Waals surface area contributed by atoms with Crippen LogP contribution in [0, 0.1) is 0 Å². The van der Waals surface area contributed by atoms with Gasteiger partial charge >= 0.3 is 6.18 Å². The van der Waals surface area contributed by atoms with Crippen LogP contribution in [-0.4, -0.2) is 42.4 Å². The van der Waals surface area contributed by atoms with Crippen molar-refractivity contribution in [3.8, 4) is 28.6 Å². The highest BCUT2D eigenvalue weighted by atomic mass is 32.2. The first kappa shape index (κ1) is 20.5. The van der Waals surface area contributed by atoms with Crippen LogP contribution in [0.25, 0.3) is 17.1 Å². The normalized spacial score (nSPS) is 12.1. The molecule has 9 nitrogen and oxygen atoms in total. The number of alkyl halides is 3. The molecule has 2 N–H and O–H groups in total. The van der Waals surface area contributed by atoms with Crippen molar-refractivity contribution in [2.24, 2.45) is 5.14 Å². The molecule has 0 aliphatic heterocycles. The Morgan fingerprint density at radius 2 is 1.76 bits per heavy atom. The maximum absolute atomic E-state index is 13.2. The molecule has 13 heteroatoms. The molecule has 0 saturated heterocycles. The quantitative estimate of drug-likeness (QED) is 0.658. The lowest BCUT2D eigenvalue weighted by molar-refractivity contribution is -0.144. The van der Waals surface area contributed by atoms with Gasteiger partial charge in [-0.15, -0.1) is 5.10 Å². The fourth-order valence-corrected chi connectivity index (χ4v) is 2.90. The van der Waals surface area contributed by atoms with E-state index < -0.39 is 27.0 Å². The Bertz CT molecular complexity index is 1140. The highest BCUT2D eigenvalue weighted by molar-refractivity contribution is 7.89. The number of sulfonamides is 1. The summed E-state index contributed by atoms with van der Waals surface area (Å²) in [6.45, 7) is 0. The number of rotatable bonds is 5. The molecule has 3 rings (SSSR count).